The fourth-order valence-corrected chi connectivity index (χ4v) is 1.07. The zero-order valence-corrected chi connectivity index (χ0v) is 7.02. The first-order valence-electron chi connectivity index (χ1n) is 2.96. The van der Waals surface area contributed by atoms with Gasteiger partial charge in [0.25, 0.3) is 0 Å². The van der Waals surface area contributed by atoms with Crippen LogP contribution in [0, 0.1) is 22.7 Å². The van der Waals surface area contributed by atoms with Crippen molar-refractivity contribution in [1.82, 2.24) is 0 Å². The molecule has 11 heavy (non-hydrogen) atoms. The molecule has 0 aliphatic heterocycles. The molecular weight excluding hydrogens is 160 g/mol. The summed E-state index contributed by atoms with van der Waals surface area (Å²) in [6, 6.07) is 3.71. The number of allylic oxidation sites excluding steroid dienone is 2. The van der Waals surface area contributed by atoms with E-state index in [-0.39, 0.29) is 0 Å². The largest absolute Gasteiger partial charge is 0.384 e. The Morgan fingerprint density at radius 3 is 2.82 bits per heavy atom. The molecule has 0 atom stereocenters. The smallest absolute Gasteiger partial charge is 0.107 e. The first kappa shape index (κ1) is 10.0. The molecule has 0 heterocycles. The van der Waals surface area contributed by atoms with Crippen LogP contribution in [-0.2, 0) is 4.74 Å². The molecule has 0 aliphatic rings. The molecule has 0 bridgehead atoms. The zero-order valence-electron chi connectivity index (χ0n) is 6.20. The average Bonchev–Trinajstić information content (AvgIpc) is 2.03. The Labute approximate surface area is 70.3 Å². The molecule has 0 fully saturated rings. The maximum absolute atomic E-state index is 8.43. The van der Waals surface area contributed by atoms with Crippen LogP contribution < -0.4 is 0 Å². The number of hydrogen-bond acceptors (Lipinski definition) is 4. The fraction of sp³-hybridized carbons (Fsp3) is 0.429. The van der Waals surface area contributed by atoms with Crippen molar-refractivity contribution in [2.45, 2.75) is 0 Å². The third-order valence-corrected chi connectivity index (χ3v) is 1.74. The van der Waals surface area contributed by atoms with Gasteiger partial charge in [-0.3, -0.25) is 0 Å². The maximum Gasteiger partial charge on any atom is 0.107 e. The first-order valence-corrected chi connectivity index (χ1v) is 3.95. The molecule has 0 saturated heterocycles. The van der Waals surface area contributed by atoms with Crippen molar-refractivity contribution < 1.29 is 4.74 Å². The molecule has 0 aromatic carbocycles. The highest BCUT2D eigenvalue weighted by atomic mass is 32.2. The van der Waals surface area contributed by atoms with Crippen LogP contribution in [-0.4, -0.2) is 19.5 Å². The molecule has 0 unspecified atom stereocenters. The summed E-state index contributed by atoms with van der Waals surface area (Å²) in [4.78, 5) is 0.435. The Morgan fingerprint density at radius 1 is 1.64 bits per heavy atom. The molecule has 58 valence electrons. The summed E-state index contributed by atoms with van der Waals surface area (Å²) in [6.07, 6.45) is 1.24. The minimum absolute atomic E-state index is 0.435. The summed E-state index contributed by atoms with van der Waals surface area (Å²) in [7, 11) is 1.60. The van der Waals surface area contributed by atoms with Crippen molar-refractivity contribution in [3.05, 3.63) is 11.0 Å². The van der Waals surface area contributed by atoms with Crippen LogP contribution in [0.4, 0.5) is 0 Å². The minimum Gasteiger partial charge on any atom is -0.384 e. The van der Waals surface area contributed by atoms with Gasteiger partial charge in [0.15, 0.2) is 0 Å². The molecule has 0 saturated carbocycles. The van der Waals surface area contributed by atoms with Gasteiger partial charge in [-0.15, -0.1) is 11.8 Å². The van der Waals surface area contributed by atoms with Crippen molar-refractivity contribution >= 4 is 11.8 Å². The van der Waals surface area contributed by atoms with Gasteiger partial charge < -0.3 is 4.74 Å². The molecular formula is C7H8N2OS. The molecule has 0 rings (SSSR count). The molecule has 0 spiro atoms. The molecule has 0 aromatic rings. The van der Waals surface area contributed by atoms with E-state index in [9.17, 15) is 0 Å². The Kier molecular flexibility index (Phi) is 6.51. The van der Waals surface area contributed by atoms with Gasteiger partial charge in [0.1, 0.15) is 6.07 Å². The van der Waals surface area contributed by atoms with E-state index in [1.54, 1.807) is 13.2 Å². The van der Waals surface area contributed by atoms with Crippen LogP contribution in [0.3, 0.4) is 0 Å². The van der Waals surface area contributed by atoms with E-state index in [1.165, 1.54) is 17.8 Å². The second kappa shape index (κ2) is 7.14. The van der Waals surface area contributed by atoms with E-state index in [0.717, 1.165) is 0 Å². The summed E-state index contributed by atoms with van der Waals surface area (Å²) in [5.74, 6) is 0.706. The average molecular weight is 168 g/mol. The van der Waals surface area contributed by atoms with E-state index in [4.69, 9.17) is 15.3 Å². The molecule has 0 aliphatic carbocycles. The summed E-state index contributed by atoms with van der Waals surface area (Å²) < 4.78 is 4.77. The van der Waals surface area contributed by atoms with Crippen LogP contribution in [0.5, 0.6) is 0 Å². The number of thioether (sulfide) groups is 1. The third-order valence-electron chi connectivity index (χ3n) is 0.851. The number of nitrogens with zero attached hydrogens (tertiary/aromatic N) is 2. The van der Waals surface area contributed by atoms with Gasteiger partial charge in [-0.25, -0.2) is 0 Å². The Morgan fingerprint density at radius 2 is 2.36 bits per heavy atom. The molecule has 3 nitrogen and oxygen atoms in total. The van der Waals surface area contributed by atoms with Gasteiger partial charge in [0.05, 0.1) is 17.6 Å². The standard InChI is InChI=1S/C7H8N2OS/c1-10-4-5-11-7(6-9)2-3-8/h2H,4-5H2,1H3/b7-2+. The summed E-state index contributed by atoms with van der Waals surface area (Å²) in [5.41, 5.74) is 0. The van der Waals surface area contributed by atoms with Gasteiger partial charge in [-0.05, 0) is 0 Å². The van der Waals surface area contributed by atoms with Crippen molar-refractivity contribution in [2.75, 3.05) is 19.5 Å². The number of hydrogen-bond donors (Lipinski definition) is 0. The SMILES string of the molecule is COCCS/C(C#N)=C/C#N. The van der Waals surface area contributed by atoms with Crippen molar-refractivity contribution in [3.63, 3.8) is 0 Å². The van der Waals surface area contributed by atoms with Crippen molar-refractivity contribution in [3.8, 4) is 12.1 Å². The van der Waals surface area contributed by atoms with E-state index in [0.29, 0.717) is 17.3 Å². The number of methoxy groups -OCH3 is 1. The van der Waals surface area contributed by atoms with Crippen LogP contribution >= 0.6 is 11.8 Å². The monoisotopic (exact) mass is 168 g/mol. The Bertz CT molecular complexity index is 211. The predicted octanol–water partition coefficient (Wildman–Crippen LogP) is 1.30. The normalized spacial score (nSPS) is 10.3. The van der Waals surface area contributed by atoms with Gasteiger partial charge >= 0.3 is 0 Å². The summed E-state index contributed by atoms with van der Waals surface area (Å²) in [6.45, 7) is 0.592. The number of rotatable bonds is 4. The maximum atomic E-state index is 8.43. The topological polar surface area (TPSA) is 56.8 Å². The van der Waals surface area contributed by atoms with E-state index < -0.39 is 0 Å². The van der Waals surface area contributed by atoms with Crippen molar-refractivity contribution in [1.29, 1.82) is 10.5 Å². The second-order valence-corrected chi connectivity index (χ2v) is 2.73. The lowest BCUT2D eigenvalue weighted by Gasteiger charge is -1.95. The Balaban J connectivity index is 3.66. The predicted molar refractivity (Wildman–Crippen MR) is 43.6 cm³/mol. The highest BCUT2D eigenvalue weighted by molar-refractivity contribution is 8.03. The lowest BCUT2D eigenvalue weighted by Crippen LogP contribution is -1.91. The van der Waals surface area contributed by atoms with Gasteiger partial charge in [0.2, 0.25) is 0 Å². The Hall–Kier alpha value is -0.970. The molecule has 0 N–H and O–H groups in total. The fourth-order valence-electron chi connectivity index (χ4n) is 0.400. The highest BCUT2D eigenvalue weighted by Gasteiger charge is 1.94. The van der Waals surface area contributed by atoms with Crippen LogP contribution in [0.15, 0.2) is 11.0 Å². The zero-order chi connectivity index (χ0) is 8.53. The molecule has 0 aromatic heterocycles. The van der Waals surface area contributed by atoms with E-state index in [1.807, 2.05) is 6.07 Å². The lowest BCUT2D eigenvalue weighted by atomic mass is 10.5. The minimum atomic E-state index is 0.435. The van der Waals surface area contributed by atoms with Gasteiger partial charge in [0, 0.05) is 18.9 Å². The number of nitriles is 2. The quantitative estimate of drug-likeness (QED) is 0.469. The number of ether oxygens (including phenoxy) is 1. The third kappa shape index (κ3) is 5.47. The van der Waals surface area contributed by atoms with Crippen LogP contribution in [0.2, 0.25) is 0 Å². The van der Waals surface area contributed by atoms with Gasteiger partial charge in [-0.2, -0.15) is 10.5 Å². The molecule has 4 heteroatoms. The van der Waals surface area contributed by atoms with Crippen molar-refractivity contribution in [2.24, 2.45) is 0 Å². The van der Waals surface area contributed by atoms with Crippen LogP contribution in [0.1, 0.15) is 0 Å². The lowest BCUT2D eigenvalue weighted by molar-refractivity contribution is 0.219. The molecule has 0 radical (unpaired) electrons. The first-order chi connectivity index (χ1) is 5.35. The molecule has 0 amide bonds. The van der Waals surface area contributed by atoms with Gasteiger partial charge in [-0.1, -0.05) is 0 Å². The summed E-state index contributed by atoms with van der Waals surface area (Å²) in [5, 5.41) is 16.6. The van der Waals surface area contributed by atoms with E-state index in [2.05, 4.69) is 0 Å². The second-order valence-electron chi connectivity index (χ2n) is 1.59. The highest BCUT2D eigenvalue weighted by Crippen LogP contribution is 2.12. The summed E-state index contributed by atoms with van der Waals surface area (Å²) >= 11 is 1.32. The van der Waals surface area contributed by atoms with Crippen LogP contribution in [0.25, 0.3) is 0 Å². The van der Waals surface area contributed by atoms with E-state index >= 15 is 0 Å².